The van der Waals surface area contributed by atoms with Crippen molar-refractivity contribution >= 4 is 21.7 Å². The fourth-order valence-electron chi connectivity index (χ4n) is 1.49. The molecule has 7 nitrogen and oxygen atoms in total. The van der Waals surface area contributed by atoms with Crippen LogP contribution in [0.2, 0.25) is 0 Å². The summed E-state index contributed by atoms with van der Waals surface area (Å²) in [4.78, 5) is 0. The van der Waals surface area contributed by atoms with Crippen molar-refractivity contribution in [2.75, 3.05) is 18.4 Å². The van der Waals surface area contributed by atoms with Crippen molar-refractivity contribution in [3.05, 3.63) is 29.8 Å². The maximum Gasteiger partial charge on any atom is 0.303 e. The molecule has 8 heteroatoms. The molecule has 0 amide bonds. The Morgan fingerprint density at radius 2 is 1.75 bits per heavy atom. The van der Waals surface area contributed by atoms with E-state index in [9.17, 15) is 8.42 Å². The van der Waals surface area contributed by atoms with E-state index in [0.29, 0.717) is 11.3 Å². The van der Waals surface area contributed by atoms with Gasteiger partial charge >= 0.3 is 10.2 Å². The van der Waals surface area contributed by atoms with E-state index in [2.05, 4.69) is 5.16 Å². The number of hydrogen-bond donors (Lipinski definition) is 2. The first-order valence-electron chi connectivity index (χ1n) is 6.01. The molecule has 0 aliphatic carbocycles. The highest BCUT2D eigenvalue weighted by Crippen LogP contribution is 2.19. The number of nitrogens with two attached hydrogens (primary N) is 1. The zero-order valence-corrected chi connectivity index (χ0v) is 12.8. The van der Waals surface area contributed by atoms with E-state index in [-0.39, 0.29) is 11.9 Å². The van der Waals surface area contributed by atoms with Gasteiger partial charge in [-0.25, -0.2) is 0 Å². The maximum absolute atomic E-state index is 12.3. The first-order chi connectivity index (χ1) is 9.21. The van der Waals surface area contributed by atoms with Crippen molar-refractivity contribution < 1.29 is 13.6 Å². The number of anilines is 1. The molecule has 0 spiro atoms. The Kier molecular flexibility index (Phi) is 4.96. The summed E-state index contributed by atoms with van der Waals surface area (Å²) in [5.74, 6) is -0.0265. The van der Waals surface area contributed by atoms with E-state index in [4.69, 9.17) is 10.9 Å². The minimum Gasteiger partial charge on any atom is -0.409 e. The molecule has 0 aromatic heterocycles. The molecule has 112 valence electrons. The molecule has 0 atom stereocenters. The van der Waals surface area contributed by atoms with E-state index in [0.717, 1.165) is 0 Å². The number of nitrogens with zero attached hydrogens (tertiary/aromatic N) is 3. The van der Waals surface area contributed by atoms with Crippen LogP contribution in [-0.4, -0.2) is 43.9 Å². The second-order valence-corrected chi connectivity index (χ2v) is 6.64. The predicted molar refractivity (Wildman–Crippen MR) is 79.2 cm³/mol. The van der Waals surface area contributed by atoms with Gasteiger partial charge in [0.15, 0.2) is 5.84 Å². The molecule has 1 aromatic carbocycles. The summed E-state index contributed by atoms with van der Waals surface area (Å²) in [6.45, 7) is 3.60. The second-order valence-electron chi connectivity index (χ2n) is 4.62. The van der Waals surface area contributed by atoms with Crippen molar-refractivity contribution in [1.82, 2.24) is 4.31 Å². The lowest BCUT2D eigenvalue weighted by molar-refractivity contribution is 0.318. The molecule has 0 fully saturated rings. The number of oxime groups is 1. The fourth-order valence-corrected chi connectivity index (χ4v) is 2.80. The van der Waals surface area contributed by atoms with Gasteiger partial charge in [0.25, 0.3) is 0 Å². The van der Waals surface area contributed by atoms with E-state index in [1.165, 1.54) is 22.7 Å². The Bertz CT molecular complexity index is 581. The lowest BCUT2D eigenvalue weighted by Gasteiger charge is -2.28. The molecule has 0 unspecified atom stereocenters. The van der Waals surface area contributed by atoms with Crippen molar-refractivity contribution in [1.29, 1.82) is 0 Å². The highest BCUT2D eigenvalue weighted by molar-refractivity contribution is 7.90. The standard InChI is InChI=1S/C12H20N4O3S/c1-9(2)15(3)20(18,19)16(4)11-7-5-10(6-8-11)12(13)14-17/h5-9,17H,1-4H3,(H2,13,14). The van der Waals surface area contributed by atoms with Gasteiger partial charge in [-0.15, -0.1) is 0 Å². The molecule has 1 aromatic rings. The lowest BCUT2D eigenvalue weighted by Crippen LogP contribution is -2.43. The highest BCUT2D eigenvalue weighted by Gasteiger charge is 2.25. The van der Waals surface area contributed by atoms with Crippen LogP contribution in [0.5, 0.6) is 0 Å². The van der Waals surface area contributed by atoms with Gasteiger partial charge in [0.1, 0.15) is 0 Å². The number of rotatable bonds is 5. The van der Waals surface area contributed by atoms with E-state index < -0.39 is 10.2 Å². The molecule has 0 aliphatic heterocycles. The van der Waals surface area contributed by atoms with Crippen LogP contribution in [0.25, 0.3) is 0 Å². The third-order valence-corrected chi connectivity index (χ3v) is 5.12. The minimum atomic E-state index is -3.57. The summed E-state index contributed by atoms with van der Waals surface area (Å²) >= 11 is 0. The van der Waals surface area contributed by atoms with Crippen molar-refractivity contribution in [3.63, 3.8) is 0 Å². The van der Waals surface area contributed by atoms with Crippen LogP contribution >= 0.6 is 0 Å². The Hall–Kier alpha value is -1.80. The van der Waals surface area contributed by atoms with E-state index >= 15 is 0 Å². The van der Waals surface area contributed by atoms with Crippen molar-refractivity contribution in [3.8, 4) is 0 Å². The molecule has 0 heterocycles. The Morgan fingerprint density at radius 3 is 2.15 bits per heavy atom. The van der Waals surface area contributed by atoms with Gasteiger partial charge in [-0.05, 0) is 38.1 Å². The Labute approximate surface area is 119 Å². The van der Waals surface area contributed by atoms with Crippen LogP contribution in [0.1, 0.15) is 19.4 Å². The first kappa shape index (κ1) is 16.3. The molecule has 20 heavy (non-hydrogen) atoms. The Morgan fingerprint density at radius 1 is 1.25 bits per heavy atom. The van der Waals surface area contributed by atoms with Crippen LogP contribution in [0.15, 0.2) is 29.4 Å². The van der Waals surface area contributed by atoms with Gasteiger partial charge in [-0.2, -0.15) is 12.7 Å². The summed E-state index contributed by atoms with van der Waals surface area (Å²) in [7, 11) is -0.566. The fraction of sp³-hybridized carbons (Fsp3) is 0.417. The van der Waals surface area contributed by atoms with E-state index in [1.807, 2.05) is 0 Å². The maximum atomic E-state index is 12.3. The second kappa shape index (κ2) is 6.10. The van der Waals surface area contributed by atoms with E-state index in [1.54, 1.807) is 38.1 Å². The average molecular weight is 300 g/mol. The van der Waals surface area contributed by atoms with Crippen LogP contribution in [0.4, 0.5) is 5.69 Å². The minimum absolute atomic E-state index is 0.0265. The number of amidine groups is 1. The topological polar surface area (TPSA) is 99.2 Å². The van der Waals surface area contributed by atoms with Crippen LogP contribution in [0.3, 0.4) is 0 Å². The summed E-state index contributed by atoms with van der Waals surface area (Å²) in [6, 6.07) is 6.23. The molecule has 0 radical (unpaired) electrons. The quantitative estimate of drug-likeness (QED) is 0.363. The smallest absolute Gasteiger partial charge is 0.303 e. The highest BCUT2D eigenvalue weighted by atomic mass is 32.2. The normalized spacial score (nSPS) is 13.0. The molecule has 0 aliphatic rings. The molecule has 1 rings (SSSR count). The third-order valence-electron chi connectivity index (χ3n) is 3.07. The predicted octanol–water partition coefficient (Wildman–Crippen LogP) is 0.802. The number of benzene rings is 1. The number of hydrogen-bond acceptors (Lipinski definition) is 4. The van der Waals surface area contributed by atoms with Gasteiger partial charge in [0.05, 0.1) is 5.69 Å². The zero-order valence-electron chi connectivity index (χ0n) is 12.0. The van der Waals surface area contributed by atoms with Crippen molar-refractivity contribution in [2.45, 2.75) is 19.9 Å². The molecule has 0 bridgehead atoms. The van der Waals surface area contributed by atoms with Crippen LogP contribution in [-0.2, 0) is 10.2 Å². The SMILES string of the molecule is CC(C)N(C)S(=O)(=O)N(C)c1ccc(C(N)=NO)cc1. The summed E-state index contributed by atoms with van der Waals surface area (Å²) in [6.07, 6.45) is 0. The molecular formula is C12H20N4O3S. The molecular weight excluding hydrogens is 280 g/mol. The van der Waals surface area contributed by atoms with Gasteiger partial charge in [-0.1, -0.05) is 5.16 Å². The van der Waals surface area contributed by atoms with Gasteiger partial charge in [0, 0.05) is 25.7 Å². The lowest BCUT2D eigenvalue weighted by atomic mass is 10.2. The first-order valence-corrected chi connectivity index (χ1v) is 7.41. The monoisotopic (exact) mass is 300 g/mol. The third kappa shape index (κ3) is 3.20. The summed E-state index contributed by atoms with van der Waals surface area (Å²) in [5, 5.41) is 11.5. The molecule has 0 saturated heterocycles. The molecule has 0 saturated carbocycles. The van der Waals surface area contributed by atoms with Crippen LogP contribution in [0, 0.1) is 0 Å². The van der Waals surface area contributed by atoms with Gasteiger partial charge < -0.3 is 10.9 Å². The zero-order chi connectivity index (χ0) is 15.5. The average Bonchev–Trinajstić information content (AvgIpc) is 2.44. The van der Waals surface area contributed by atoms with Crippen molar-refractivity contribution in [2.24, 2.45) is 10.9 Å². The van der Waals surface area contributed by atoms with Crippen LogP contribution < -0.4 is 10.0 Å². The Balaban J connectivity index is 3.07. The largest absolute Gasteiger partial charge is 0.409 e. The molecule has 3 N–H and O–H groups in total. The summed E-state index contributed by atoms with van der Waals surface area (Å²) in [5.41, 5.74) is 6.46. The van der Waals surface area contributed by atoms with Gasteiger partial charge in [0.2, 0.25) is 0 Å². The van der Waals surface area contributed by atoms with Gasteiger partial charge in [-0.3, -0.25) is 4.31 Å². The summed E-state index contributed by atoms with van der Waals surface area (Å²) < 4.78 is 27.1.